The first-order chi connectivity index (χ1) is 11.7. The fraction of sp³-hybridized carbons (Fsp3) is 0.474. The van der Waals surface area contributed by atoms with Crippen LogP contribution in [0.5, 0.6) is 0 Å². The van der Waals surface area contributed by atoms with Gasteiger partial charge in [-0.3, -0.25) is 9.78 Å². The zero-order valence-electron chi connectivity index (χ0n) is 14.0. The molecule has 0 unspecified atom stereocenters. The summed E-state index contributed by atoms with van der Waals surface area (Å²) in [5.41, 5.74) is 2.29. The van der Waals surface area contributed by atoms with Crippen LogP contribution in [0.4, 0.5) is 0 Å². The molecule has 3 atom stereocenters. The van der Waals surface area contributed by atoms with E-state index in [0.717, 1.165) is 18.5 Å². The molecule has 0 bridgehead atoms. The van der Waals surface area contributed by atoms with Crippen molar-refractivity contribution in [1.29, 1.82) is 0 Å². The number of pyridine rings is 1. The smallest absolute Gasteiger partial charge is 0.226 e. The van der Waals surface area contributed by atoms with Crippen LogP contribution in [0.15, 0.2) is 42.9 Å². The second-order valence-corrected chi connectivity index (χ2v) is 6.98. The molecule has 126 valence electrons. The van der Waals surface area contributed by atoms with Gasteiger partial charge < -0.3 is 14.2 Å². The molecule has 1 aliphatic carbocycles. The molecule has 3 heterocycles. The highest BCUT2D eigenvalue weighted by atomic mass is 16.5. The molecular weight excluding hydrogens is 302 g/mol. The number of amides is 1. The van der Waals surface area contributed by atoms with Crippen molar-refractivity contribution >= 4 is 5.91 Å². The molecule has 5 nitrogen and oxygen atoms in total. The number of carbonyl (C=O) groups excluding carboxylic acids is 1. The third-order valence-corrected chi connectivity index (χ3v) is 5.07. The minimum absolute atomic E-state index is 0.00446. The van der Waals surface area contributed by atoms with Gasteiger partial charge in [-0.15, -0.1) is 0 Å². The number of rotatable bonds is 4. The fourth-order valence-corrected chi connectivity index (χ4v) is 3.42. The highest BCUT2D eigenvalue weighted by molar-refractivity contribution is 5.81. The number of ether oxygens (including phenoxy) is 1. The van der Waals surface area contributed by atoms with Crippen molar-refractivity contribution in [1.82, 2.24) is 14.5 Å². The zero-order valence-corrected chi connectivity index (χ0v) is 14.0. The predicted octanol–water partition coefficient (Wildman–Crippen LogP) is 2.47. The van der Waals surface area contributed by atoms with E-state index < -0.39 is 0 Å². The van der Waals surface area contributed by atoms with Crippen LogP contribution < -0.4 is 0 Å². The molecule has 1 amide bonds. The summed E-state index contributed by atoms with van der Waals surface area (Å²) in [4.78, 5) is 18.8. The molecule has 2 aromatic heterocycles. The van der Waals surface area contributed by atoms with Crippen LogP contribution in [0, 0.1) is 11.8 Å². The number of hydrogen-bond acceptors (Lipinski definition) is 3. The Morgan fingerprint density at radius 3 is 2.83 bits per heavy atom. The van der Waals surface area contributed by atoms with E-state index in [0.29, 0.717) is 25.6 Å². The molecule has 0 N–H and O–H groups in total. The van der Waals surface area contributed by atoms with Gasteiger partial charge in [0.15, 0.2) is 0 Å². The van der Waals surface area contributed by atoms with Gasteiger partial charge in [-0.25, -0.2) is 0 Å². The Bertz CT molecular complexity index is 712. The van der Waals surface area contributed by atoms with Crippen LogP contribution in [0.3, 0.4) is 0 Å². The van der Waals surface area contributed by atoms with Crippen molar-refractivity contribution in [2.45, 2.75) is 39.1 Å². The molecule has 2 aliphatic rings. The summed E-state index contributed by atoms with van der Waals surface area (Å²) in [6, 6.07) is 8.07. The number of aromatic nitrogens is 2. The first kappa shape index (κ1) is 15.4. The lowest BCUT2D eigenvalue weighted by Gasteiger charge is -2.24. The molecule has 24 heavy (non-hydrogen) atoms. The molecule has 2 aromatic rings. The van der Waals surface area contributed by atoms with Gasteiger partial charge in [-0.2, -0.15) is 0 Å². The Morgan fingerprint density at radius 1 is 1.29 bits per heavy atom. The first-order valence-corrected chi connectivity index (χ1v) is 8.64. The lowest BCUT2D eigenvalue weighted by Crippen LogP contribution is -2.38. The maximum atomic E-state index is 12.7. The Labute approximate surface area is 142 Å². The van der Waals surface area contributed by atoms with Gasteiger partial charge in [0, 0.05) is 36.7 Å². The minimum Gasteiger partial charge on any atom is -0.370 e. The van der Waals surface area contributed by atoms with Crippen LogP contribution >= 0.6 is 0 Å². The van der Waals surface area contributed by atoms with E-state index in [1.165, 1.54) is 5.69 Å². The first-order valence-electron chi connectivity index (χ1n) is 8.64. The predicted molar refractivity (Wildman–Crippen MR) is 89.9 cm³/mol. The van der Waals surface area contributed by atoms with Crippen LogP contribution in [0.1, 0.15) is 24.6 Å². The van der Waals surface area contributed by atoms with Gasteiger partial charge in [-0.05, 0) is 42.2 Å². The molecular formula is C19H23N3O2. The second-order valence-electron chi connectivity index (χ2n) is 6.98. The highest BCUT2D eigenvalue weighted by Crippen LogP contribution is 2.39. The Kier molecular flexibility index (Phi) is 4.10. The van der Waals surface area contributed by atoms with Gasteiger partial charge in [-0.1, -0.05) is 6.92 Å². The quantitative estimate of drug-likeness (QED) is 0.867. The van der Waals surface area contributed by atoms with Crippen molar-refractivity contribution < 1.29 is 9.53 Å². The molecule has 0 radical (unpaired) electrons. The molecule has 0 aromatic carbocycles. The van der Waals surface area contributed by atoms with E-state index in [2.05, 4.69) is 28.7 Å². The topological polar surface area (TPSA) is 47.4 Å². The molecule has 1 fully saturated rings. The van der Waals surface area contributed by atoms with Gasteiger partial charge >= 0.3 is 0 Å². The van der Waals surface area contributed by atoms with E-state index in [4.69, 9.17) is 4.74 Å². The van der Waals surface area contributed by atoms with E-state index in [-0.39, 0.29) is 17.9 Å². The lowest BCUT2D eigenvalue weighted by atomic mass is 10.2. The second kappa shape index (κ2) is 6.40. The minimum atomic E-state index is 0.00446. The monoisotopic (exact) mass is 325 g/mol. The number of fused-ring (bicyclic) bond motifs is 1. The molecule has 1 saturated carbocycles. The van der Waals surface area contributed by atoms with Crippen LogP contribution in [-0.2, 0) is 29.2 Å². The lowest BCUT2D eigenvalue weighted by molar-refractivity contribution is -0.135. The number of hydrogen-bond donors (Lipinski definition) is 0. The van der Waals surface area contributed by atoms with Crippen molar-refractivity contribution in [3.63, 3.8) is 0 Å². The van der Waals surface area contributed by atoms with Crippen LogP contribution in [0.2, 0.25) is 0 Å². The summed E-state index contributed by atoms with van der Waals surface area (Å²) in [7, 11) is 0. The Balaban J connectivity index is 1.48. The van der Waals surface area contributed by atoms with Crippen molar-refractivity contribution in [2.75, 3.05) is 6.54 Å². The maximum Gasteiger partial charge on any atom is 0.226 e. The third kappa shape index (κ3) is 3.22. The molecule has 5 heteroatoms. The van der Waals surface area contributed by atoms with Gasteiger partial charge in [0.25, 0.3) is 0 Å². The average molecular weight is 325 g/mol. The van der Waals surface area contributed by atoms with Crippen molar-refractivity contribution in [2.24, 2.45) is 11.8 Å². The fourth-order valence-electron chi connectivity index (χ4n) is 3.42. The number of carbonyl (C=O) groups is 1. The van der Waals surface area contributed by atoms with Crippen LogP contribution in [-0.4, -0.2) is 33.0 Å². The molecule has 1 aliphatic heterocycles. The van der Waals surface area contributed by atoms with Crippen LogP contribution in [0.25, 0.3) is 0 Å². The van der Waals surface area contributed by atoms with Crippen molar-refractivity contribution in [3.05, 3.63) is 54.1 Å². The molecule has 0 saturated heterocycles. The highest BCUT2D eigenvalue weighted by Gasteiger charge is 2.42. The summed E-state index contributed by atoms with van der Waals surface area (Å²) in [6.07, 6.45) is 6.66. The molecule has 0 spiro atoms. The average Bonchev–Trinajstić information content (AvgIpc) is 3.23. The number of nitrogens with zero attached hydrogens (tertiary/aromatic N) is 3. The Hall–Kier alpha value is -2.14. The third-order valence-electron chi connectivity index (χ3n) is 5.07. The summed E-state index contributed by atoms with van der Waals surface area (Å²) in [6.45, 7) is 4.84. The zero-order chi connectivity index (χ0) is 16.5. The van der Waals surface area contributed by atoms with E-state index in [1.807, 2.05) is 23.1 Å². The van der Waals surface area contributed by atoms with Crippen molar-refractivity contribution in [3.8, 4) is 0 Å². The largest absolute Gasteiger partial charge is 0.370 e. The van der Waals surface area contributed by atoms with Gasteiger partial charge in [0.05, 0.1) is 25.8 Å². The SMILES string of the molecule is C[C@@H]1C[C@@H]1C(=O)N1Cc2cccn2C[C@H](OCc2ccncc2)C1. The summed E-state index contributed by atoms with van der Waals surface area (Å²) < 4.78 is 8.35. The van der Waals surface area contributed by atoms with E-state index >= 15 is 0 Å². The van der Waals surface area contributed by atoms with E-state index in [1.54, 1.807) is 12.4 Å². The maximum absolute atomic E-state index is 12.7. The molecule has 4 rings (SSSR count). The summed E-state index contributed by atoms with van der Waals surface area (Å²) >= 11 is 0. The summed E-state index contributed by atoms with van der Waals surface area (Å²) in [5.74, 6) is 1.03. The van der Waals surface area contributed by atoms with Gasteiger partial charge in [0.1, 0.15) is 0 Å². The van der Waals surface area contributed by atoms with Gasteiger partial charge in [0.2, 0.25) is 5.91 Å². The standard InChI is InChI=1S/C19H23N3O2/c1-14-9-18(14)19(23)22-10-16-3-2-8-21(16)11-17(12-22)24-13-15-4-6-20-7-5-15/h2-8,14,17-18H,9-13H2,1H3/t14-,17+,18+/m1/s1. The summed E-state index contributed by atoms with van der Waals surface area (Å²) in [5, 5.41) is 0. The normalized spacial score (nSPS) is 25.9. The Morgan fingerprint density at radius 2 is 2.08 bits per heavy atom. The van der Waals surface area contributed by atoms with E-state index in [9.17, 15) is 4.79 Å².